The van der Waals surface area contributed by atoms with Gasteiger partial charge in [0.25, 0.3) is 0 Å². The van der Waals surface area contributed by atoms with Gasteiger partial charge in [0.05, 0.1) is 6.20 Å². The van der Waals surface area contributed by atoms with E-state index in [0.717, 1.165) is 36.3 Å². The van der Waals surface area contributed by atoms with Gasteiger partial charge >= 0.3 is 0 Å². The quantitative estimate of drug-likeness (QED) is 0.924. The van der Waals surface area contributed by atoms with Crippen molar-refractivity contribution in [2.75, 3.05) is 11.4 Å². The minimum Gasteiger partial charge on any atom is -0.345 e. The second kappa shape index (κ2) is 5.94. The lowest BCUT2D eigenvalue weighted by Crippen LogP contribution is -2.30. The van der Waals surface area contributed by atoms with Crippen LogP contribution in [0, 0.1) is 5.82 Å². The minimum absolute atomic E-state index is 0.0684. The van der Waals surface area contributed by atoms with E-state index in [1.807, 2.05) is 6.07 Å². The average molecular weight is 341 g/mol. The molecule has 0 bridgehead atoms. The normalized spacial score (nSPS) is 18.8. The number of hydrogen-bond donors (Lipinski definition) is 1. The number of sulfonamides is 1. The fourth-order valence-corrected chi connectivity index (χ4v) is 4.39. The maximum absolute atomic E-state index is 13.3. The first kappa shape index (κ1) is 15.4. The van der Waals surface area contributed by atoms with E-state index in [1.54, 1.807) is 6.07 Å². The van der Waals surface area contributed by atoms with Gasteiger partial charge in [0, 0.05) is 12.6 Å². The van der Waals surface area contributed by atoms with Crippen LogP contribution in [0.3, 0.4) is 0 Å². The van der Waals surface area contributed by atoms with E-state index >= 15 is 0 Å². The molecule has 22 heavy (non-hydrogen) atoms. The first-order valence-electron chi connectivity index (χ1n) is 6.93. The molecule has 0 spiro atoms. The van der Waals surface area contributed by atoms with Gasteiger partial charge in [-0.3, -0.25) is 0 Å². The standard InChI is InChI=1S/C14H16FN3O2S2/c15-11-4-1-3-10(7-11)8-12-5-2-6-18(12)14-17-9-13(21-14)22(16,19)20/h1,3-4,7,9,12H,2,5-6,8H2,(H2,16,19,20)/t12-/m0/s1. The van der Waals surface area contributed by atoms with Crippen molar-refractivity contribution in [2.24, 2.45) is 5.14 Å². The number of nitrogens with zero attached hydrogens (tertiary/aromatic N) is 2. The van der Waals surface area contributed by atoms with Crippen LogP contribution in [0.25, 0.3) is 0 Å². The van der Waals surface area contributed by atoms with Crippen LogP contribution in [0.1, 0.15) is 18.4 Å². The zero-order valence-corrected chi connectivity index (χ0v) is 13.4. The average Bonchev–Trinajstić information content (AvgIpc) is 3.05. The molecule has 0 aliphatic carbocycles. The number of hydrogen-bond acceptors (Lipinski definition) is 5. The van der Waals surface area contributed by atoms with Crippen molar-refractivity contribution in [3.8, 4) is 0 Å². The summed E-state index contributed by atoms with van der Waals surface area (Å²) in [5.74, 6) is -0.243. The molecular weight excluding hydrogens is 325 g/mol. The highest BCUT2D eigenvalue weighted by Gasteiger charge is 2.28. The van der Waals surface area contributed by atoms with Gasteiger partial charge in [-0.05, 0) is 37.0 Å². The largest absolute Gasteiger partial charge is 0.345 e. The zero-order valence-electron chi connectivity index (χ0n) is 11.8. The van der Waals surface area contributed by atoms with Crippen LogP contribution in [0.4, 0.5) is 9.52 Å². The SMILES string of the molecule is NS(=O)(=O)c1cnc(N2CCC[C@H]2Cc2cccc(F)c2)s1. The molecule has 0 saturated carbocycles. The predicted octanol–water partition coefficient (Wildman–Crippen LogP) is 2.14. The third kappa shape index (κ3) is 3.29. The Bertz CT molecular complexity index is 776. The predicted molar refractivity (Wildman–Crippen MR) is 84.0 cm³/mol. The highest BCUT2D eigenvalue weighted by molar-refractivity contribution is 7.91. The summed E-state index contributed by atoms with van der Waals surface area (Å²) < 4.78 is 36.1. The Kier molecular flexibility index (Phi) is 4.16. The van der Waals surface area contributed by atoms with E-state index in [-0.39, 0.29) is 16.1 Å². The summed E-state index contributed by atoms with van der Waals surface area (Å²) in [5.41, 5.74) is 0.931. The molecule has 2 aromatic rings. The fourth-order valence-electron chi connectivity index (χ4n) is 2.75. The van der Waals surface area contributed by atoms with Crippen LogP contribution in [0.5, 0.6) is 0 Å². The maximum Gasteiger partial charge on any atom is 0.249 e. The fraction of sp³-hybridized carbons (Fsp3) is 0.357. The molecular formula is C14H16FN3O2S2. The lowest BCUT2D eigenvalue weighted by Gasteiger charge is -2.24. The number of benzene rings is 1. The molecule has 0 amide bonds. The summed E-state index contributed by atoms with van der Waals surface area (Å²) in [5, 5.41) is 5.78. The second-order valence-electron chi connectivity index (χ2n) is 5.33. The molecule has 1 aliphatic rings. The lowest BCUT2D eigenvalue weighted by molar-refractivity contribution is 0.599. The van der Waals surface area contributed by atoms with Gasteiger partial charge in [0.2, 0.25) is 10.0 Å². The van der Waals surface area contributed by atoms with Gasteiger partial charge < -0.3 is 4.90 Å². The summed E-state index contributed by atoms with van der Waals surface area (Å²) >= 11 is 1.08. The van der Waals surface area contributed by atoms with Crippen molar-refractivity contribution in [3.63, 3.8) is 0 Å². The van der Waals surface area contributed by atoms with Crippen molar-refractivity contribution in [3.05, 3.63) is 41.8 Å². The molecule has 1 aliphatic heterocycles. The molecule has 2 N–H and O–H groups in total. The molecule has 1 atom stereocenters. The number of anilines is 1. The second-order valence-corrected chi connectivity index (χ2v) is 8.13. The highest BCUT2D eigenvalue weighted by atomic mass is 32.2. The van der Waals surface area contributed by atoms with Gasteiger partial charge in [-0.15, -0.1) is 0 Å². The summed E-state index contributed by atoms with van der Waals surface area (Å²) in [4.78, 5) is 6.27. The Hall–Kier alpha value is -1.51. The molecule has 1 aromatic carbocycles. The van der Waals surface area contributed by atoms with E-state index < -0.39 is 10.0 Å². The third-order valence-electron chi connectivity index (χ3n) is 3.74. The monoisotopic (exact) mass is 341 g/mol. The number of primary sulfonamides is 1. The summed E-state index contributed by atoms with van der Waals surface area (Å²) in [7, 11) is -3.71. The van der Waals surface area contributed by atoms with Gasteiger partial charge in [-0.1, -0.05) is 23.5 Å². The van der Waals surface area contributed by atoms with Crippen molar-refractivity contribution in [1.29, 1.82) is 0 Å². The van der Waals surface area contributed by atoms with Crippen LogP contribution in [0.2, 0.25) is 0 Å². The molecule has 5 nitrogen and oxygen atoms in total. The van der Waals surface area contributed by atoms with Crippen LogP contribution in [0.15, 0.2) is 34.7 Å². The molecule has 0 unspecified atom stereocenters. The van der Waals surface area contributed by atoms with Crippen molar-refractivity contribution >= 4 is 26.5 Å². The molecule has 2 heterocycles. The van der Waals surface area contributed by atoms with E-state index in [2.05, 4.69) is 9.88 Å². The first-order chi connectivity index (χ1) is 10.4. The van der Waals surface area contributed by atoms with E-state index in [0.29, 0.717) is 11.6 Å². The number of aromatic nitrogens is 1. The van der Waals surface area contributed by atoms with Crippen molar-refractivity contribution in [2.45, 2.75) is 29.5 Å². The smallest absolute Gasteiger partial charge is 0.249 e. The van der Waals surface area contributed by atoms with E-state index in [9.17, 15) is 12.8 Å². The molecule has 118 valence electrons. The summed E-state index contributed by atoms with van der Waals surface area (Å²) in [6.07, 6.45) is 3.99. The number of halogens is 1. The van der Waals surface area contributed by atoms with Gasteiger partial charge in [0.1, 0.15) is 5.82 Å². The van der Waals surface area contributed by atoms with Crippen LogP contribution in [-0.4, -0.2) is 26.0 Å². The molecule has 0 radical (unpaired) electrons. The Morgan fingerprint density at radius 3 is 2.95 bits per heavy atom. The Labute approximate surface area is 132 Å². The lowest BCUT2D eigenvalue weighted by atomic mass is 10.0. The van der Waals surface area contributed by atoms with E-state index in [4.69, 9.17) is 5.14 Å². The summed E-state index contributed by atoms with van der Waals surface area (Å²) in [6.45, 7) is 0.817. The zero-order chi connectivity index (χ0) is 15.7. The van der Waals surface area contributed by atoms with E-state index in [1.165, 1.54) is 18.3 Å². The Morgan fingerprint density at radius 2 is 2.27 bits per heavy atom. The molecule has 1 fully saturated rings. The number of thiazole rings is 1. The molecule has 1 aromatic heterocycles. The maximum atomic E-state index is 13.3. The Balaban J connectivity index is 1.80. The number of nitrogens with two attached hydrogens (primary N) is 1. The molecule has 3 rings (SSSR count). The highest BCUT2D eigenvalue weighted by Crippen LogP contribution is 2.32. The van der Waals surface area contributed by atoms with Crippen LogP contribution < -0.4 is 10.0 Å². The summed E-state index contributed by atoms with van der Waals surface area (Å²) in [6, 6.07) is 6.76. The minimum atomic E-state index is -3.71. The Morgan fingerprint density at radius 1 is 1.45 bits per heavy atom. The van der Waals surface area contributed by atoms with Crippen LogP contribution >= 0.6 is 11.3 Å². The van der Waals surface area contributed by atoms with Crippen molar-refractivity contribution in [1.82, 2.24) is 4.98 Å². The first-order valence-corrected chi connectivity index (χ1v) is 9.29. The van der Waals surface area contributed by atoms with Gasteiger partial charge in [0.15, 0.2) is 9.34 Å². The van der Waals surface area contributed by atoms with Gasteiger partial charge in [-0.25, -0.2) is 22.9 Å². The van der Waals surface area contributed by atoms with Gasteiger partial charge in [-0.2, -0.15) is 0 Å². The molecule has 1 saturated heterocycles. The third-order valence-corrected chi connectivity index (χ3v) is 6.18. The number of rotatable bonds is 4. The molecule has 8 heteroatoms. The topological polar surface area (TPSA) is 76.3 Å². The van der Waals surface area contributed by atoms with Crippen molar-refractivity contribution < 1.29 is 12.8 Å². The van der Waals surface area contributed by atoms with Crippen LogP contribution in [-0.2, 0) is 16.4 Å².